The highest BCUT2D eigenvalue weighted by molar-refractivity contribution is 9.10. The summed E-state index contributed by atoms with van der Waals surface area (Å²) in [6.07, 6.45) is 6.91. The second-order valence-corrected chi connectivity index (χ2v) is 8.04. The van der Waals surface area contributed by atoms with Gasteiger partial charge in [-0.3, -0.25) is 19.1 Å². The van der Waals surface area contributed by atoms with Crippen molar-refractivity contribution in [3.63, 3.8) is 0 Å². The molecule has 11 heteroatoms. The van der Waals surface area contributed by atoms with Gasteiger partial charge in [0.15, 0.2) is 5.65 Å². The largest absolute Gasteiger partial charge is 0.342 e. The molecule has 0 spiro atoms. The molecule has 0 aliphatic carbocycles. The smallest absolute Gasteiger partial charge is 0.313 e. The molecule has 0 aliphatic rings. The lowest BCUT2D eigenvalue weighted by Gasteiger charge is -2.13. The molecule has 168 valence electrons. The third-order valence-corrected chi connectivity index (χ3v) is 5.43. The zero-order valence-corrected chi connectivity index (χ0v) is 19.1. The molecule has 10 nitrogen and oxygen atoms in total. The van der Waals surface area contributed by atoms with Crippen molar-refractivity contribution in [2.45, 2.75) is 19.5 Å². The second kappa shape index (κ2) is 9.65. The van der Waals surface area contributed by atoms with Crippen LogP contribution in [-0.2, 0) is 20.9 Å². The highest BCUT2D eigenvalue weighted by Gasteiger charge is 2.17. The molecule has 3 amide bonds. The van der Waals surface area contributed by atoms with Crippen LogP contribution in [0.5, 0.6) is 0 Å². The Morgan fingerprint density at radius 2 is 1.82 bits per heavy atom. The van der Waals surface area contributed by atoms with E-state index in [1.807, 2.05) is 22.7 Å². The number of rotatable bonds is 6. The van der Waals surface area contributed by atoms with Gasteiger partial charge in [0.05, 0.1) is 16.7 Å². The van der Waals surface area contributed by atoms with Crippen molar-refractivity contribution >= 4 is 50.7 Å². The van der Waals surface area contributed by atoms with Gasteiger partial charge in [-0.2, -0.15) is 5.10 Å². The minimum absolute atomic E-state index is 0.0990. The molecule has 0 radical (unpaired) electrons. The maximum absolute atomic E-state index is 12.4. The Hall–Kier alpha value is -3.99. The van der Waals surface area contributed by atoms with E-state index < -0.39 is 17.9 Å². The number of benzene rings is 1. The molecule has 0 saturated carbocycles. The van der Waals surface area contributed by atoms with Crippen LogP contribution in [0.15, 0.2) is 71.7 Å². The van der Waals surface area contributed by atoms with E-state index in [1.54, 1.807) is 55.8 Å². The molecule has 3 N–H and O–H groups in total. The first-order chi connectivity index (χ1) is 15.9. The number of amides is 3. The van der Waals surface area contributed by atoms with Crippen molar-refractivity contribution in [2.75, 3.05) is 10.6 Å². The molecule has 4 aromatic rings. The number of halogens is 1. The standard InChI is InChI=1S/C22H20BrN7O3/c1-14(30-10-4-8-25-30)20(31)27-15-5-2-6-16(11-15)28-22(33)21(32)24-12-17-13-29-9-3-7-18(23)19(29)26-17/h2-11,13-14H,12H2,1H3,(H,24,32)(H,27,31)(H,28,33). The van der Waals surface area contributed by atoms with Crippen LogP contribution in [0.4, 0.5) is 11.4 Å². The fourth-order valence-electron chi connectivity index (χ4n) is 3.10. The topological polar surface area (TPSA) is 122 Å². The number of nitrogens with one attached hydrogen (secondary N) is 3. The van der Waals surface area contributed by atoms with Crippen molar-refractivity contribution < 1.29 is 14.4 Å². The van der Waals surface area contributed by atoms with Gasteiger partial charge in [-0.15, -0.1) is 0 Å². The van der Waals surface area contributed by atoms with Crippen LogP contribution < -0.4 is 16.0 Å². The lowest BCUT2D eigenvalue weighted by atomic mass is 10.2. The van der Waals surface area contributed by atoms with Crippen LogP contribution in [-0.4, -0.2) is 36.9 Å². The van der Waals surface area contributed by atoms with Crippen LogP contribution in [0, 0.1) is 0 Å². The van der Waals surface area contributed by atoms with Crippen molar-refractivity contribution in [3.8, 4) is 0 Å². The average molecular weight is 510 g/mol. The van der Waals surface area contributed by atoms with E-state index in [0.717, 1.165) is 4.47 Å². The third kappa shape index (κ3) is 5.26. The number of imidazole rings is 1. The van der Waals surface area contributed by atoms with Crippen LogP contribution in [0.1, 0.15) is 18.7 Å². The molecule has 0 bridgehead atoms. The van der Waals surface area contributed by atoms with Gasteiger partial charge >= 0.3 is 11.8 Å². The Balaban J connectivity index is 1.33. The zero-order chi connectivity index (χ0) is 23.4. The molecule has 1 aromatic carbocycles. The number of pyridine rings is 1. The molecular weight excluding hydrogens is 490 g/mol. The number of nitrogens with zero attached hydrogens (tertiary/aromatic N) is 4. The van der Waals surface area contributed by atoms with Gasteiger partial charge in [-0.25, -0.2) is 4.98 Å². The minimum Gasteiger partial charge on any atom is -0.342 e. The lowest BCUT2D eigenvalue weighted by molar-refractivity contribution is -0.136. The highest BCUT2D eigenvalue weighted by atomic mass is 79.9. The Bertz CT molecular complexity index is 1320. The molecule has 3 heterocycles. The SMILES string of the molecule is CC(C(=O)Nc1cccc(NC(=O)C(=O)NCc2cn3cccc(Br)c3n2)c1)n1cccn1. The summed E-state index contributed by atoms with van der Waals surface area (Å²) in [7, 11) is 0. The van der Waals surface area contributed by atoms with Gasteiger partial charge in [0.2, 0.25) is 5.91 Å². The van der Waals surface area contributed by atoms with Gasteiger partial charge in [-0.1, -0.05) is 6.07 Å². The monoisotopic (exact) mass is 509 g/mol. The van der Waals surface area contributed by atoms with Gasteiger partial charge in [0.25, 0.3) is 0 Å². The first kappa shape index (κ1) is 22.2. The molecule has 0 fully saturated rings. The Morgan fingerprint density at radius 3 is 2.55 bits per heavy atom. The predicted octanol–water partition coefficient (Wildman–Crippen LogP) is 2.75. The predicted molar refractivity (Wildman–Crippen MR) is 125 cm³/mol. The first-order valence-electron chi connectivity index (χ1n) is 10.0. The number of hydrogen-bond acceptors (Lipinski definition) is 5. The van der Waals surface area contributed by atoms with E-state index in [0.29, 0.717) is 22.7 Å². The summed E-state index contributed by atoms with van der Waals surface area (Å²) in [6.45, 7) is 1.82. The normalized spacial score (nSPS) is 11.7. The molecule has 33 heavy (non-hydrogen) atoms. The molecule has 4 rings (SSSR count). The molecule has 0 aliphatic heterocycles. The summed E-state index contributed by atoms with van der Waals surface area (Å²) in [6, 6.07) is 11.5. The maximum atomic E-state index is 12.4. The zero-order valence-electron chi connectivity index (χ0n) is 17.5. The number of fused-ring (bicyclic) bond motifs is 1. The van der Waals surface area contributed by atoms with Gasteiger partial charge in [0, 0.05) is 36.2 Å². The first-order valence-corrected chi connectivity index (χ1v) is 10.8. The van der Waals surface area contributed by atoms with Gasteiger partial charge in [-0.05, 0) is 59.3 Å². The number of aromatic nitrogens is 4. The fourth-order valence-corrected chi connectivity index (χ4v) is 3.55. The van der Waals surface area contributed by atoms with Crippen molar-refractivity contribution in [2.24, 2.45) is 0 Å². The van der Waals surface area contributed by atoms with Crippen LogP contribution in [0.3, 0.4) is 0 Å². The van der Waals surface area contributed by atoms with Crippen LogP contribution >= 0.6 is 15.9 Å². The van der Waals surface area contributed by atoms with Crippen molar-refractivity contribution in [1.29, 1.82) is 0 Å². The van der Waals surface area contributed by atoms with E-state index >= 15 is 0 Å². The Kier molecular flexibility index (Phi) is 6.50. The van der Waals surface area contributed by atoms with Crippen LogP contribution in [0.25, 0.3) is 5.65 Å². The third-order valence-electron chi connectivity index (χ3n) is 4.81. The van der Waals surface area contributed by atoms with Crippen molar-refractivity contribution in [3.05, 3.63) is 77.4 Å². The summed E-state index contributed by atoms with van der Waals surface area (Å²) >= 11 is 3.42. The lowest BCUT2D eigenvalue weighted by Crippen LogP contribution is -2.35. The van der Waals surface area contributed by atoms with E-state index in [9.17, 15) is 14.4 Å². The second-order valence-electron chi connectivity index (χ2n) is 7.19. The number of carbonyl (C=O) groups excluding carboxylic acids is 3. The summed E-state index contributed by atoms with van der Waals surface area (Å²) in [5.74, 6) is -1.89. The molecular formula is C22H20BrN7O3. The Labute approximate surface area is 197 Å². The summed E-state index contributed by atoms with van der Waals surface area (Å²) in [4.78, 5) is 41.4. The van der Waals surface area contributed by atoms with Crippen LogP contribution in [0.2, 0.25) is 0 Å². The average Bonchev–Trinajstić information content (AvgIpc) is 3.48. The van der Waals surface area contributed by atoms with E-state index in [4.69, 9.17) is 0 Å². The van der Waals surface area contributed by atoms with Gasteiger partial charge < -0.3 is 20.4 Å². The van der Waals surface area contributed by atoms with Gasteiger partial charge in [0.1, 0.15) is 6.04 Å². The molecule has 3 aromatic heterocycles. The van der Waals surface area contributed by atoms with E-state index in [-0.39, 0.29) is 12.5 Å². The highest BCUT2D eigenvalue weighted by Crippen LogP contribution is 2.18. The molecule has 1 atom stereocenters. The summed E-state index contributed by atoms with van der Waals surface area (Å²) in [5.41, 5.74) is 2.18. The fraction of sp³-hybridized carbons (Fsp3) is 0.136. The van der Waals surface area contributed by atoms with E-state index in [2.05, 4.69) is 42.0 Å². The van der Waals surface area contributed by atoms with E-state index in [1.165, 1.54) is 4.68 Å². The number of carbonyl (C=O) groups is 3. The number of hydrogen-bond donors (Lipinski definition) is 3. The minimum atomic E-state index is -0.826. The van der Waals surface area contributed by atoms with Crippen molar-refractivity contribution in [1.82, 2.24) is 24.5 Å². The summed E-state index contributed by atoms with van der Waals surface area (Å²) in [5, 5.41) is 11.9. The Morgan fingerprint density at radius 1 is 1.03 bits per heavy atom. The quantitative estimate of drug-likeness (QED) is 0.345. The molecule has 0 saturated heterocycles. The summed E-state index contributed by atoms with van der Waals surface area (Å²) < 4.78 is 4.18. The number of anilines is 2. The maximum Gasteiger partial charge on any atom is 0.313 e. The molecule has 1 unspecified atom stereocenters.